The maximum absolute atomic E-state index is 9.00. The van der Waals surface area contributed by atoms with Crippen molar-refractivity contribution >= 4 is 40.0 Å². The molecular weight excluding hydrogens is 340 g/mol. The number of aromatic nitrogens is 1. The molecule has 1 saturated heterocycles. The van der Waals surface area contributed by atoms with Gasteiger partial charge in [-0.3, -0.25) is 4.90 Å². The molecule has 88 valence electrons. The summed E-state index contributed by atoms with van der Waals surface area (Å²) in [6, 6.07) is 2.00. The first-order chi connectivity index (χ1) is 7.70. The number of rotatable bonds is 2. The van der Waals surface area contributed by atoms with Crippen LogP contribution in [0.4, 0.5) is 5.82 Å². The molecule has 0 atom stereocenters. The maximum Gasteiger partial charge on any atom is 0.129 e. The zero-order valence-electron chi connectivity index (χ0n) is 8.74. The number of hydrogen-bond donors (Lipinski definition) is 1. The van der Waals surface area contributed by atoms with Crippen molar-refractivity contribution < 1.29 is 5.11 Å². The summed E-state index contributed by atoms with van der Waals surface area (Å²) in [6.07, 6.45) is 1.69. The number of piperazine rings is 1. The second kappa shape index (κ2) is 5.48. The Kier molecular flexibility index (Phi) is 4.23. The predicted molar refractivity (Wildman–Crippen MR) is 72.8 cm³/mol. The Morgan fingerprint density at radius 1 is 1.38 bits per heavy atom. The van der Waals surface area contributed by atoms with Crippen LogP contribution in [-0.2, 0) is 0 Å². The van der Waals surface area contributed by atoms with Crippen LogP contribution in [0.1, 0.15) is 0 Å². The molecular formula is C10H13ClIN3O. The Bertz CT molecular complexity index is 369. The van der Waals surface area contributed by atoms with Gasteiger partial charge in [-0.1, -0.05) is 11.6 Å². The van der Waals surface area contributed by atoms with E-state index in [0.717, 1.165) is 35.6 Å². The van der Waals surface area contributed by atoms with E-state index in [4.69, 9.17) is 16.7 Å². The van der Waals surface area contributed by atoms with E-state index in [2.05, 4.69) is 32.5 Å². The standard InChI is InChI=1S/C10H13ClIN3O/c11-8-6-13-10(5-9(8)12)15-3-1-14(7-16)2-4-15/h5-6,16H,1-4,7H2. The van der Waals surface area contributed by atoms with Gasteiger partial charge in [-0.15, -0.1) is 0 Å². The van der Waals surface area contributed by atoms with Crippen LogP contribution < -0.4 is 4.90 Å². The molecule has 0 spiro atoms. The molecule has 0 radical (unpaired) electrons. The van der Waals surface area contributed by atoms with Gasteiger partial charge in [-0.05, 0) is 28.7 Å². The van der Waals surface area contributed by atoms with Crippen molar-refractivity contribution in [3.8, 4) is 0 Å². The van der Waals surface area contributed by atoms with E-state index in [1.165, 1.54) is 0 Å². The van der Waals surface area contributed by atoms with E-state index in [1.807, 2.05) is 11.0 Å². The SMILES string of the molecule is OCN1CCN(c2cc(I)c(Cl)cn2)CC1. The van der Waals surface area contributed by atoms with Gasteiger partial charge in [0, 0.05) is 35.9 Å². The zero-order chi connectivity index (χ0) is 11.5. The van der Waals surface area contributed by atoms with Crippen molar-refractivity contribution in [3.05, 3.63) is 20.9 Å². The predicted octanol–water partition coefficient (Wildman–Crippen LogP) is 1.41. The number of aliphatic hydroxyl groups is 1. The molecule has 1 fully saturated rings. The number of aliphatic hydroxyl groups excluding tert-OH is 1. The molecule has 1 N–H and O–H groups in total. The second-order valence-electron chi connectivity index (χ2n) is 3.70. The largest absolute Gasteiger partial charge is 0.381 e. The first-order valence-corrected chi connectivity index (χ1v) is 6.55. The average molecular weight is 354 g/mol. The van der Waals surface area contributed by atoms with Crippen molar-refractivity contribution in [2.75, 3.05) is 37.8 Å². The van der Waals surface area contributed by atoms with Gasteiger partial charge >= 0.3 is 0 Å². The third kappa shape index (κ3) is 2.77. The molecule has 6 heteroatoms. The van der Waals surface area contributed by atoms with Gasteiger partial charge in [0.25, 0.3) is 0 Å². The summed E-state index contributed by atoms with van der Waals surface area (Å²) < 4.78 is 1.02. The first kappa shape index (κ1) is 12.3. The first-order valence-electron chi connectivity index (χ1n) is 5.10. The van der Waals surface area contributed by atoms with Crippen LogP contribution in [0, 0.1) is 3.57 Å². The summed E-state index contributed by atoms with van der Waals surface area (Å²) in [5.41, 5.74) is 0. The van der Waals surface area contributed by atoms with Crippen molar-refractivity contribution in [1.29, 1.82) is 0 Å². The number of anilines is 1. The molecule has 0 amide bonds. The van der Waals surface area contributed by atoms with Crippen molar-refractivity contribution in [3.63, 3.8) is 0 Å². The van der Waals surface area contributed by atoms with Gasteiger partial charge < -0.3 is 10.0 Å². The highest BCUT2D eigenvalue weighted by Crippen LogP contribution is 2.22. The Morgan fingerprint density at radius 2 is 2.06 bits per heavy atom. The highest BCUT2D eigenvalue weighted by molar-refractivity contribution is 14.1. The Hall–Kier alpha value is -0.110. The molecule has 16 heavy (non-hydrogen) atoms. The van der Waals surface area contributed by atoms with E-state index in [-0.39, 0.29) is 6.73 Å². The third-order valence-electron chi connectivity index (χ3n) is 2.69. The van der Waals surface area contributed by atoms with Crippen LogP contribution in [0.5, 0.6) is 0 Å². The molecule has 1 aliphatic heterocycles. The molecule has 0 aliphatic carbocycles. The van der Waals surface area contributed by atoms with Crippen LogP contribution >= 0.6 is 34.2 Å². The molecule has 4 nitrogen and oxygen atoms in total. The Morgan fingerprint density at radius 3 is 2.62 bits per heavy atom. The van der Waals surface area contributed by atoms with Crippen molar-refractivity contribution in [2.24, 2.45) is 0 Å². The molecule has 0 unspecified atom stereocenters. The van der Waals surface area contributed by atoms with Crippen molar-refractivity contribution in [2.45, 2.75) is 0 Å². The van der Waals surface area contributed by atoms with Gasteiger partial charge in [0.05, 0.1) is 11.8 Å². The molecule has 1 aromatic rings. The number of pyridine rings is 1. The van der Waals surface area contributed by atoms with Crippen molar-refractivity contribution in [1.82, 2.24) is 9.88 Å². The molecule has 2 rings (SSSR count). The van der Waals surface area contributed by atoms with Gasteiger partial charge in [-0.25, -0.2) is 4.98 Å². The number of nitrogens with zero attached hydrogens (tertiary/aromatic N) is 3. The lowest BCUT2D eigenvalue weighted by molar-refractivity contribution is 0.102. The third-order valence-corrected chi connectivity index (χ3v) is 4.20. The fourth-order valence-corrected chi connectivity index (χ4v) is 2.22. The summed E-state index contributed by atoms with van der Waals surface area (Å²) in [7, 11) is 0. The average Bonchev–Trinajstić information content (AvgIpc) is 2.33. The van der Waals surface area contributed by atoms with Gasteiger partial charge in [0.2, 0.25) is 0 Å². The number of hydrogen-bond acceptors (Lipinski definition) is 4. The Labute approximate surface area is 113 Å². The lowest BCUT2D eigenvalue weighted by Gasteiger charge is -2.34. The highest BCUT2D eigenvalue weighted by Gasteiger charge is 2.17. The fraction of sp³-hybridized carbons (Fsp3) is 0.500. The summed E-state index contributed by atoms with van der Waals surface area (Å²) in [6.45, 7) is 3.67. The summed E-state index contributed by atoms with van der Waals surface area (Å²) >= 11 is 8.14. The summed E-state index contributed by atoms with van der Waals surface area (Å²) in [4.78, 5) is 8.55. The topological polar surface area (TPSA) is 39.6 Å². The summed E-state index contributed by atoms with van der Waals surface area (Å²) in [5.74, 6) is 0.964. The molecule has 0 bridgehead atoms. The lowest BCUT2D eigenvalue weighted by Crippen LogP contribution is -2.46. The fourth-order valence-electron chi connectivity index (χ4n) is 1.70. The van der Waals surface area contributed by atoms with E-state index in [9.17, 15) is 0 Å². The van der Waals surface area contributed by atoms with Crippen LogP contribution in [0.2, 0.25) is 5.02 Å². The Balaban J connectivity index is 2.05. The smallest absolute Gasteiger partial charge is 0.129 e. The van der Waals surface area contributed by atoms with Gasteiger partial charge in [0.1, 0.15) is 5.82 Å². The van der Waals surface area contributed by atoms with Crippen LogP contribution in [0.25, 0.3) is 0 Å². The highest BCUT2D eigenvalue weighted by atomic mass is 127. The molecule has 0 saturated carbocycles. The minimum Gasteiger partial charge on any atom is -0.381 e. The number of halogens is 2. The molecule has 1 aliphatic rings. The molecule has 0 aromatic carbocycles. The zero-order valence-corrected chi connectivity index (χ0v) is 11.6. The van der Waals surface area contributed by atoms with Crippen LogP contribution in [0.15, 0.2) is 12.3 Å². The normalized spacial score (nSPS) is 17.8. The minimum absolute atomic E-state index is 0.138. The molecule has 2 heterocycles. The van der Waals surface area contributed by atoms with Crippen LogP contribution in [0.3, 0.4) is 0 Å². The quantitative estimate of drug-likeness (QED) is 0.816. The summed E-state index contributed by atoms with van der Waals surface area (Å²) in [5, 5.41) is 9.69. The van der Waals surface area contributed by atoms with E-state index >= 15 is 0 Å². The van der Waals surface area contributed by atoms with Crippen LogP contribution in [-0.4, -0.2) is 47.9 Å². The van der Waals surface area contributed by atoms with E-state index in [1.54, 1.807) is 6.20 Å². The minimum atomic E-state index is 0.138. The second-order valence-corrected chi connectivity index (χ2v) is 5.27. The monoisotopic (exact) mass is 353 g/mol. The van der Waals surface area contributed by atoms with Gasteiger partial charge in [-0.2, -0.15) is 0 Å². The molecule has 1 aromatic heterocycles. The van der Waals surface area contributed by atoms with E-state index < -0.39 is 0 Å². The maximum atomic E-state index is 9.00. The van der Waals surface area contributed by atoms with Gasteiger partial charge in [0.15, 0.2) is 0 Å². The van der Waals surface area contributed by atoms with E-state index in [0.29, 0.717) is 5.02 Å². The lowest BCUT2D eigenvalue weighted by atomic mass is 10.3.